The molecule has 6 heteroatoms. The van der Waals surface area contributed by atoms with Crippen molar-refractivity contribution in [3.05, 3.63) is 34.7 Å². The summed E-state index contributed by atoms with van der Waals surface area (Å²) in [5.74, 6) is 0.950. The number of hydrogen-bond donors (Lipinski definition) is 1. The highest BCUT2D eigenvalue weighted by atomic mass is 79.9. The monoisotopic (exact) mass is 407 g/mol. The Morgan fingerprint density at radius 3 is 2.76 bits per heavy atom. The van der Waals surface area contributed by atoms with Crippen LogP contribution in [-0.4, -0.2) is 27.6 Å². The van der Waals surface area contributed by atoms with Crippen molar-refractivity contribution in [3.63, 3.8) is 0 Å². The van der Waals surface area contributed by atoms with Crippen molar-refractivity contribution in [1.29, 1.82) is 0 Å². The summed E-state index contributed by atoms with van der Waals surface area (Å²) in [4.78, 5) is 16.5. The number of carbonyl (C=O) groups excluding carboxylic acids is 1. The van der Waals surface area contributed by atoms with Gasteiger partial charge in [0.2, 0.25) is 0 Å². The number of ether oxygens (including phenoxy) is 1. The van der Waals surface area contributed by atoms with Gasteiger partial charge in [0, 0.05) is 28.3 Å². The topological polar surface area (TPSA) is 55.6 Å². The molecule has 1 N–H and O–H groups in total. The van der Waals surface area contributed by atoms with Gasteiger partial charge in [0.1, 0.15) is 5.65 Å². The van der Waals surface area contributed by atoms with E-state index in [1.165, 1.54) is 5.69 Å². The first-order valence-electron chi connectivity index (χ1n) is 8.89. The second-order valence-electron chi connectivity index (χ2n) is 7.97. The Morgan fingerprint density at radius 2 is 2.08 bits per heavy atom. The Balaban J connectivity index is 1.50. The van der Waals surface area contributed by atoms with Crippen molar-refractivity contribution in [1.82, 2.24) is 14.7 Å². The van der Waals surface area contributed by atoms with Crippen LogP contribution in [0, 0.1) is 5.92 Å². The number of pyridine rings is 1. The number of rotatable bonds is 3. The first-order chi connectivity index (χ1) is 11.8. The summed E-state index contributed by atoms with van der Waals surface area (Å²) in [6.07, 6.45) is 8.19. The van der Waals surface area contributed by atoms with Crippen LogP contribution in [0.1, 0.15) is 58.1 Å². The van der Waals surface area contributed by atoms with E-state index in [9.17, 15) is 4.79 Å². The number of nitrogens with one attached hydrogen (secondary N) is 1. The largest absolute Gasteiger partial charge is 0.449 e. The Hall–Kier alpha value is -1.56. The Labute approximate surface area is 157 Å². The van der Waals surface area contributed by atoms with E-state index in [-0.39, 0.29) is 11.6 Å². The number of aromatic nitrogens is 2. The molecule has 0 radical (unpaired) electrons. The molecule has 2 heterocycles. The molecule has 1 fully saturated rings. The van der Waals surface area contributed by atoms with E-state index < -0.39 is 0 Å². The van der Waals surface area contributed by atoms with Gasteiger partial charge in [-0.1, -0.05) is 15.9 Å². The average molecular weight is 408 g/mol. The predicted molar refractivity (Wildman–Crippen MR) is 102 cm³/mol. The van der Waals surface area contributed by atoms with Crippen molar-refractivity contribution in [3.8, 4) is 0 Å². The maximum Gasteiger partial charge on any atom is 0.407 e. The van der Waals surface area contributed by atoms with Crippen LogP contribution in [0.15, 0.2) is 29.0 Å². The molecule has 2 aromatic heterocycles. The molecular weight excluding hydrogens is 382 g/mol. The van der Waals surface area contributed by atoms with Gasteiger partial charge in [-0.3, -0.25) is 0 Å². The molecule has 1 aliphatic carbocycles. The molecule has 0 unspecified atom stereocenters. The zero-order valence-corrected chi connectivity index (χ0v) is 16.7. The minimum atomic E-state index is -0.319. The maximum atomic E-state index is 11.8. The van der Waals surface area contributed by atoms with Crippen molar-refractivity contribution in [2.75, 3.05) is 6.61 Å². The minimum Gasteiger partial charge on any atom is -0.449 e. The molecule has 136 valence electrons. The predicted octanol–water partition coefficient (Wildman–Crippen LogP) is 4.90. The van der Waals surface area contributed by atoms with E-state index in [2.05, 4.69) is 31.8 Å². The van der Waals surface area contributed by atoms with E-state index in [0.29, 0.717) is 18.4 Å². The second kappa shape index (κ2) is 7.36. The van der Waals surface area contributed by atoms with Crippen molar-refractivity contribution < 1.29 is 9.53 Å². The fourth-order valence-corrected chi connectivity index (χ4v) is 3.66. The molecule has 1 aliphatic rings. The van der Waals surface area contributed by atoms with Crippen LogP contribution < -0.4 is 5.32 Å². The van der Waals surface area contributed by atoms with Gasteiger partial charge in [0.05, 0.1) is 12.3 Å². The first kappa shape index (κ1) is 18.2. The lowest BCUT2D eigenvalue weighted by Crippen LogP contribution is -2.41. The molecule has 0 saturated heterocycles. The molecule has 2 aromatic rings. The molecule has 0 atom stereocenters. The van der Waals surface area contributed by atoms with E-state index >= 15 is 0 Å². The third kappa shape index (κ3) is 4.97. The molecule has 5 nitrogen and oxygen atoms in total. The van der Waals surface area contributed by atoms with E-state index in [1.807, 2.05) is 39.1 Å². The average Bonchev–Trinajstić information content (AvgIpc) is 2.95. The standard InChI is InChI=1S/C19H26BrN3O2/c1-19(2,3)22-18(24)25-12-13-4-6-14(7-5-13)16-11-23-9-8-15(20)10-17(23)21-16/h8-11,13-14H,4-7,12H2,1-3H3,(H,22,24). The number of imidazole rings is 1. The van der Waals surface area contributed by atoms with Gasteiger partial charge >= 0.3 is 6.09 Å². The van der Waals surface area contributed by atoms with Crippen LogP contribution in [0.5, 0.6) is 0 Å². The number of nitrogens with zero attached hydrogens (tertiary/aromatic N) is 2. The van der Waals surface area contributed by atoms with E-state index in [1.54, 1.807) is 0 Å². The smallest absolute Gasteiger partial charge is 0.407 e. The molecule has 1 saturated carbocycles. The molecule has 0 bridgehead atoms. The summed E-state index contributed by atoms with van der Waals surface area (Å²) in [7, 11) is 0. The molecule has 1 amide bonds. The van der Waals surface area contributed by atoms with Crippen molar-refractivity contribution >= 4 is 27.7 Å². The van der Waals surface area contributed by atoms with Gasteiger partial charge in [0.25, 0.3) is 0 Å². The Kier molecular flexibility index (Phi) is 5.37. The third-order valence-corrected chi connectivity index (χ3v) is 5.13. The summed E-state index contributed by atoms with van der Waals surface area (Å²) in [6.45, 7) is 6.36. The number of carbonyl (C=O) groups is 1. The maximum absolute atomic E-state index is 11.8. The molecule has 25 heavy (non-hydrogen) atoms. The summed E-state index contributed by atoms with van der Waals surface area (Å²) >= 11 is 3.49. The van der Waals surface area contributed by atoms with Crippen molar-refractivity contribution in [2.24, 2.45) is 5.92 Å². The van der Waals surface area contributed by atoms with Gasteiger partial charge in [-0.25, -0.2) is 9.78 Å². The Morgan fingerprint density at radius 1 is 1.36 bits per heavy atom. The minimum absolute atomic E-state index is 0.257. The van der Waals surface area contributed by atoms with Gasteiger partial charge in [-0.05, 0) is 64.5 Å². The quantitative estimate of drug-likeness (QED) is 0.787. The van der Waals surface area contributed by atoms with Crippen molar-refractivity contribution in [2.45, 2.75) is 57.9 Å². The lowest BCUT2D eigenvalue weighted by molar-refractivity contribution is 0.107. The highest BCUT2D eigenvalue weighted by molar-refractivity contribution is 9.10. The fraction of sp³-hybridized carbons (Fsp3) is 0.579. The number of halogens is 1. The Bertz CT molecular complexity index is 743. The van der Waals surface area contributed by atoms with Crippen LogP contribution in [0.2, 0.25) is 0 Å². The molecule has 3 rings (SSSR count). The van der Waals surface area contributed by atoms with Crippen LogP contribution in [0.3, 0.4) is 0 Å². The van der Waals surface area contributed by atoms with Crippen LogP contribution in [0.4, 0.5) is 4.79 Å². The van der Waals surface area contributed by atoms with Gasteiger partial charge < -0.3 is 14.5 Å². The molecule has 0 aliphatic heterocycles. The summed E-state index contributed by atoms with van der Waals surface area (Å²) in [6, 6.07) is 4.06. The normalized spacial score (nSPS) is 21.3. The van der Waals surface area contributed by atoms with E-state index in [0.717, 1.165) is 35.8 Å². The highest BCUT2D eigenvalue weighted by Gasteiger charge is 2.25. The second-order valence-corrected chi connectivity index (χ2v) is 8.88. The van der Waals surface area contributed by atoms with E-state index in [4.69, 9.17) is 9.72 Å². The first-order valence-corrected chi connectivity index (χ1v) is 9.68. The fourth-order valence-electron chi connectivity index (χ4n) is 3.33. The van der Waals surface area contributed by atoms with Gasteiger partial charge in [-0.15, -0.1) is 0 Å². The summed E-state index contributed by atoms with van der Waals surface area (Å²) < 4.78 is 8.51. The lowest BCUT2D eigenvalue weighted by Gasteiger charge is -2.27. The van der Waals surface area contributed by atoms with Gasteiger partial charge in [0.15, 0.2) is 0 Å². The summed E-state index contributed by atoms with van der Waals surface area (Å²) in [5, 5.41) is 2.84. The summed E-state index contributed by atoms with van der Waals surface area (Å²) in [5.41, 5.74) is 1.89. The lowest BCUT2D eigenvalue weighted by atomic mass is 9.81. The SMILES string of the molecule is CC(C)(C)NC(=O)OCC1CCC(c2cn3ccc(Br)cc3n2)CC1. The van der Waals surface area contributed by atoms with Gasteiger partial charge in [-0.2, -0.15) is 0 Å². The number of hydrogen-bond acceptors (Lipinski definition) is 3. The molecule has 0 spiro atoms. The number of amides is 1. The zero-order valence-electron chi connectivity index (χ0n) is 15.1. The third-order valence-electron chi connectivity index (χ3n) is 4.63. The molecule has 0 aromatic carbocycles. The van der Waals surface area contributed by atoms with Crippen LogP contribution in [0.25, 0.3) is 5.65 Å². The van der Waals surface area contributed by atoms with Crippen LogP contribution >= 0.6 is 15.9 Å². The molecular formula is C19H26BrN3O2. The highest BCUT2D eigenvalue weighted by Crippen LogP contribution is 2.35. The number of alkyl carbamates (subject to hydrolysis) is 1. The van der Waals surface area contributed by atoms with Crippen LogP contribution in [-0.2, 0) is 4.74 Å². The zero-order chi connectivity index (χ0) is 18.0. The number of fused-ring (bicyclic) bond motifs is 1.